The van der Waals surface area contributed by atoms with Crippen LogP contribution >= 0.6 is 0 Å². The van der Waals surface area contributed by atoms with E-state index in [1.54, 1.807) is 20.2 Å². The number of amidine groups is 2. The molecule has 0 spiro atoms. The van der Waals surface area contributed by atoms with Gasteiger partial charge in [-0.2, -0.15) is 15.5 Å². The number of nitriles is 2. The van der Waals surface area contributed by atoms with Gasteiger partial charge in [0.2, 0.25) is 11.7 Å². The van der Waals surface area contributed by atoms with Gasteiger partial charge in [-0.1, -0.05) is 0 Å². The fraction of sp³-hybridized carbons (Fsp3) is 0.333. The minimum atomic E-state index is -0.463. The van der Waals surface area contributed by atoms with Crippen LogP contribution in [0.25, 0.3) is 0 Å². The van der Waals surface area contributed by atoms with Gasteiger partial charge in [0.25, 0.3) is 0 Å². The molecule has 0 saturated carbocycles. The lowest BCUT2D eigenvalue weighted by Gasteiger charge is -2.06. The lowest BCUT2D eigenvalue weighted by Crippen LogP contribution is -2.21. The van der Waals surface area contributed by atoms with Crippen molar-refractivity contribution in [2.75, 3.05) is 14.1 Å². The molecule has 0 saturated heterocycles. The first-order valence-electron chi connectivity index (χ1n) is 2.76. The minimum absolute atomic E-state index is 0.0524. The van der Waals surface area contributed by atoms with E-state index in [1.807, 2.05) is 0 Å². The van der Waals surface area contributed by atoms with Gasteiger partial charge in [0.05, 0.1) is 0 Å². The van der Waals surface area contributed by atoms with Crippen LogP contribution in [0.1, 0.15) is 0 Å². The Bertz CT molecular complexity index is 262. The number of hydrogen-bond donors (Lipinski definition) is 1. The van der Waals surface area contributed by atoms with Crippen LogP contribution in [0.2, 0.25) is 0 Å². The molecule has 0 unspecified atom stereocenters. The molecule has 0 amide bonds. The van der Waals surface area contributed by atoms with E-state index in [1.165, 1.54) is 11.0 Å². The number of hydrogen-bond acceptors (Lipinski definition) is 3. The quantitative estimate of drug-likeness (QED) is 0.387. The second-order valence-electron chi connectivity index (χ2n) is 1.90. The van der Waals surface area contributed by atoms with Crippen LogP contribution in [0.3, 0.4) is 0 Å². The SMILES string of the molecule is CN(C)C(C#N)=NC(=N)C#N. The predicted octanol–water partition coefficient (Wildman–Crippen LogP) is -0.0291. The van der Waals surface area contributed by atoms with Crippen LogP contribution < -0.4 is 0 Å². The number of aliphatic imine (C=N–C) groups is 1. The molecule has 0 atom stereocenters. The molecule has 11 heavy (non-hydrogen) atoms. The Morgan fingerprint density at radius 3 is 2.18 bits per heavy atom. The predicted molar refractivity (Wildman–Crippen MR) is 40.1 cm³/mol. The zero-order chi connectivity index (χ0) is 8.85. The Morgan fingerprint density at radius 1 is 1.36 bits per heavy atom. The molecule has 0 aromatic rings. The van der Waals surface area contributed by atoms with Gasteiger partial charge in [0, 0.05) is 14.1 Å². The van der Waals surface area contributed by atoms with Crippen molar-refractivity contribution in [3.05, 3.63) is 0 Å². The van der Waals surface area contributed by atoms with Crippen molar-refractivity contribution < 1.29 is 0 Å². The molecule has 0 aliphatic carbocycles. The van der Waals surface area contributed by atoms with Gasteiger partial charge in [-0.3, -0.25) is 5.41 Å². The average Bonchev–Trinajstić information content (AvgIpc) is 1.99. The van der Waals surface area contributed by atoms with Gasteiger partial charge in [-0.25, -0.2) is 0 Å². The van der Waals surface area contributed by atoms with Gasteiger partial charge in [-0.05, 0) is 0 Å². The lowest BCUT2D eigenvalue weighted by atomic mass is 10.5. The van der Waals surface area contributed by atoms with E-state index >= 15 is 0 Å². The monoisotopic (exact) mass is 149 g/mol. The van der Waals surface area contributed by atoms with Crippen LogP contribution in [0.4, 0.5) is 0 Å². The Morgan fingerprint density at radius 2 is 1.91 bits per heavy atom. The molecule has 0 fully saturated rings. The fourth-order valence-electron chi connectivity index (χ4n) is 0.356. The summed E-state index contributed by atoms with van der Waals surface area (Å²) in [6.45, 7) is 0. The molecule has 0 bridgehead atoms. The van der Waals surface area contributed by atoms with E-state index in [4.69, 9.17) is 15.9 Å². The third-order valence-electron chi connectivity index (χ3n) is 0.847. The van der Waals surface area contributed by atoms with Crippen LogP contribution in [0.5, 0.6) is 0 Å². The highest BCUT2D eigenvalue weighted by atomic mass is 15.1. The highest BCUT2D eigenvalue weighted by Crippen LogP contribution is 1.83. The van der Waals surface area contributed by atoms with Crippen molar-refractivity contribution in [3.8, 4) is 12.1 Å². The standard InChI is InChI=1S/C6H7N5/c1-11(2)6(4-8)10-5(9)3-7/h9H,1-2H3. The smallest absolute Gasteiger partial charge is 0.227 e. The molecule has 0 aliphatic heterocycles. The van der Waals surface area contributed by atoms with Gasteiger partial charge >= 0.3 is 0 Å². The molecule has 0 heterocycles. The van der Waals surface area contributed by atoms with Crippen molar-refractivity contribution in [3.63, 3.8) is 0 Å². The normalized spacial score (nSPS) is 9.64. The zero-order valence-electron chi connectivity index (χ0n) is 6.29. The Balaban J connectivity index is 4.56. The van der Waals surface area contributed by atoms with E-state index in [9.17, 15) is 0 Å². The number of rotatable bonds is 0. The Kier molecular flexibility index (Phi) is 3.33. The van der Waals surface area contributed by atoms with Crippen molar-refractivity contribution in [1.29, 1.82) is 15.9 Å². The van der Waals surface area contributed by atoms with Crippen LogP contribution in [0, 0.1) is 28.1 Å². The van der Waals surface area contributed by atoms with Crippen molar-refractivity contribution in [2.45, 2.75) is 0 Å². The molecule has 5 heteroatoms. The van der Waals surface area contributed by atoms with E-state index in [0.717, 1.165) is 0 Å². The molecule has 0 rings (SSSR count). The molecule has 56 valence electrons. The van der Waals surface area contributed by atoms with E-state index in [-0.39, 0.29) is 5.84 Å². The summed E-state index contributed by atoms with van der Waals surface area (Å²) in [5.41, 5.74) is 0. The van der Waals surface area contributed by atoms with Gasteiger partial charge in [0.1, 0.15) is 12.1 Å². The molecule has 0 aliphatic rings. The van der Waals surface area contributed by atoms with Gasteiger partial charge < -0.3 is 4.90 Å². The first kappa shape index (κ1) is 9.12. The molecular formula is C6H7N5. The summed E-state index contributed by atoms with van der Waals surface area (Å²) >= 11 is 0. The zero-order valence-corrected chi connectivity index (χ0v) is 6.29. The van der Waals surface area contributed by atoms with Crippen LogP contribution in [-0.2, 0) is 0 Å². The summed E-state index contributed by atoms with van der Waals surface area (Å²) < 4.78 is 0. The minimum Gasteiger partial charge on any atom is -0.354 e. The highest BCUT2D eigenvalue weighted by Gasteiger charge is 2.00. The summed E-state index contributed by atoms with van der Waals surface area (Å²) in [7, 11) is 3.24. The summed E-state index contributed by atoms with van der Waals surface area (Å²) in [5.74, 6) is -0.410. The number of nitrogens with zero attached hydrogens (tertiary/aromatic N) is 4. The first-order chi connectivity index (χ1) is 5.11. The number of nitrogens with one attached hydrogen (secondary N) is 1. The van der Waals surface area contributed by atoms with Gasteiger partial charge in [-0.15, -0.1) is 0 Å². The fourth-order valence-corrected chi connectivity index (χ4v) is 0.356. The summed E-state index contributed by atoms with van der Waals surface area (Å²) in [4.78, 5) is 4.85. The molecule has 5 nitrogen and oxygen atoms in total. The lowest BCUT2D eigenvalue weighted by molar-refractivity contribution is 0.629. The maximum atomic E-state index is 8.41. The summed E-state index contributed by atoms with van der Waals surface area (Å²) in [6, 6.07) is 3.25. The maximum absolute atomic E-state index is 8.41. The third kappa shape index (κ3) is 2.97. The first-order valence-corrected chi connectivity index (χ1v) is 2.76. The highest BCUT2D eigenvalue weighted by molar-refractivity contribution is 6.08. The molecular weight excluding hydrogens is 142 g/mol. The summed E-state index contributed by atoms with van der Waals surface area (Å²) in [6.07, 6.45) is 0. The molecule has 0 aromatic carbocycles. The second-order valence-corrected chi connectivity index (χ2v) is 1.90. The van der Waals surface area contributed by atoms with Gasteiger partial charge in [0.15, 0.2) is 0 Å². The molecule has 1 N–H and O–H groups in total. The molecule has 0 radical (unpaired) electrons. The largest absolute Gasteiger partial charge is 0.354 e. The van der Waals surface area contributed by atoms with E-state index < -0.39 is 5.84 Å². The summed E-state index contributed by atoms with van der Waals surface area (Å²) in [5, 5.41) is 23.4. The second kappa shape index (κ2) is 4.02. The molecule has 0 aromatic heterocycles. The van der Waals surface area contributed by atoms with E-state index in [2.05, 4.69) is 4.99 Å². The van der Waals surface area contributed by atoms with Crippen molar-refractivity contribution in [1.82, 2.24) is 4.90 Å². The van der Waals surface area contributed by atoms with E-state index in [0.29, 0.717) is 0 Å². The maximum Gasteiger partial charge on any atom is 0.227 e. The van der Waals surface area contributed by atoms with Crippen LogP contribution in [0.15, 0.2) is 4.99 Å². The Labute approximate surface area is 64.7 Å². The Hall–Kier alpha value is -1.88. The van der Waals surface area contributed by atoms with Crippen LogP contribution in [-0.4, -0.2) is 30.7 Å². The topological polar surface area (TPSA) is 87.0 Å². The average molecular weight is 149 g/mol. The van der Waals surface area contributed by atoms with Crippen molar-refractivity contribution >= 4 is 11.7 Å². The third-order valence-corrected chi connectivity index (χ3v) is 0.847. The van der Waals surface area contributed by atoms with Crippen molar-refractivity contribution in [2.24, 2.45) is 4.99 Å².